The van der Waals surface area contributed by atoms with Crippen molar-refractivity contribution < 1.29 is 14.6 Å². The van der Waals surface area contributed by atoms with Crippen LogP contribution in [-0.4, -0.2) is 23.2 Å². The SMILES string of the molecule is CCCOc1ccc(-c2cc(N)c3c(c2O)C(=N)C=CC3=O)cc1. The number of anilines is 1. The summed E-state index contributed by atoms with van der Waals surface area (Å²) in [5.74, 6) is 0.338. The molecule has 0 saturated heterocycles. The zero-order chi connectivity index (χ0) is 17.3. The van der Waals surface area contributed by atoms with E-state index in [0.717, 1.165) is 17.7 Å². The molecule has 3 rings (SSSR count). The molecule has 24 heavy (non-hydrogen) atoms. The van der Waals surface area contributed by atoms with Gasteiger partial charge in [-0.15, -0.1) is 0 Å². The Bertz CT molecular complexity index is 852. The number of ketones is 1. The molecule has 0 aromatic heterocycles. The van der Waals surface area contributed by atoms with Crippen LogP contribution in [0.1, 0.15) is 29.3 Å². The van der Waals surface area contributed by atoms with Gasteiger partial charge in [0.2, 0.25) is 0 Å². The molecule has 0 radical (unpaired) electrons. The number of nitrogens with one attached hydrogen (secondary N) is 1. The quantitative estimate of drug-likeness (QED) is 0.592. The molecule has 0 saturated carbocycles. The Morgan fingerprint density at radius 3 is 2.54 bits per heavy atom. The summed E-state index contributed by atoms with van der Waals surface area (Å²) in [5, 5.41) is 18.6. The van der Waals surface area contributed by atoms with Crippen LogP contribution in [0.15, 0.2) is 42.5 Å². The van der Waals surface area contributed by atoms with Crippen molar-refractivity contribution in [1.29, 1.82) is 5.41 Å². The molecule has 1 aliphatic carbocycles. The van der Waals surface area contributed by atoms with Crippen molar-refractivity contribution in [1.82, 2.24) is 0 Å². The molecule has 1 aliphatic rings. The molecule has 0 aliphatic heterocycles. The molecule has 0 atom stereocenters. The normalized spacial score (nSPS) is 13.0. The molecule has 4 N–H and O–H groups in total. The van der Waals surface area contributed by atoms with Crippen molar-refractivity contribution in [2.75, 3.05) is 12.3 Å². The Hall–Kier alpha value is -3.08. The lowest BCUT2D eigenvalue weighted by Crippen LogP contribution is -2.15. The highest BCUT2D eigenvalue weighted by Crippen LogP contribution is 2.39. The second kappa shape index (κ2) is 6.20. The van der Waals surface area contributed by atoms with Gasteiger partial charge in [0.05, 0.1) is 23.4 Å². The minimum atomic E-state index is -0.302. The van der Waals surface area contributed by atoms with Crippen LogP contribution in [0.4, 0.5) is 5.69 Å². The first-order valence-corrected chi connectivity index (χ1v) is 7.73. The van der Waals surface area contributed by atoms with Crippen LogP contribution in [-0.2, 0) is 0 Å². The number of hydrogen-bond donors (Lipinski definition) is 3. The van der Waals surface area contributed by atoms with Crippen LogP contribution in [0.3, 0.4) is 0 Å². The zero-order valence-electron chi connectivity index (χ0n) is 13.3. The van der Waals surface area contributed by atoms with E-state index >= 15 is 0 Å². The third kappa shape index (κ3) is 2.65. The summed E-state index contributed by atoms with van der Waals surface area (Å²) in [4.78, 5) is 12.0. The Morgan fingerprint density at radius 1 is 1.17 bits per heavy atom. The molecule has 5 heteroatoms. The number of fused-ring (bicyclic) bond motifs is 1. The van der Waals surface area contributed by atoms with Gasteiger partial charge >= 0.3 is 0 Å². The molecular formula is C19H18N2O3. The van der Waals surface area contributed by atoms with E-state index in [2.05, 4.69) is 0 Å². The molecular weight excluding hydrogens is 304 g/mol. The van der Waals surface area contributed by atoms with E-state index in [0.29, 0.717) is 12.2 Å². The number of allylic oxidation sites excluding steroid dienone is 2. The number of nitrogens with two attached hydrogens (primary N) is 1. The summed E-state index contributed by atoms with van der Waals surface area (Å²) < 4.78 is 5.55. The number of aromatic hydroxyl groups is 1. The zero-order valence-corrected chi connectivity index (χ0v) is 13.3. The van der Waals surface area contributed by atoms with E-state index in [4.69, 9.17) is 15.9 Å². The average molecular weight is 322 g/mol. The number of benzene rings is 2. The molecule has 0 fully saturated rings. The Morgan fingerprint density at radius 2 is 1.88 bits per heavy atom. The Labute approximate surface area is 139 Å². The van der Waals surface area contributed by atoms with E-state index in [9.17, 15) is 9.90 Å². The molecule has 122 valence electrons. The van der Waals surface area contributed by atoms with Crippen LogP contribution in [0, 0.1) is 5.41 Å². The van der Waals surface area contributed by atoms with Crippen molar-refractivity contribution in [3.05, 3.63) is 53.6 Å². The highest BCUT2D eigenvalue weighted by molar-refractivity contribution is 6.26. The minimum Gasteiger partial charge on any atom is -0.507 e. The van der Waals surface area contributed by atoms with Crippen LogP contribution < -0.4 is 10.5 Å². The minimum absolute atomic E-state index is 0.0681. The highest BCUT2D eigenvalue weighted by Gasteiger charge is 2.25. The van der Waals surface area contributed by atoms with E-state index < -0.39 is 0 Å². The van der Waals surface area contributed by atoms with Gasteiger partial charge in [0.25, 0.3) is 0 Å². The lowest BCUT2D eigenvalue weighted by Gasteiger charge is -2.18. The van der Waals surface area contributed by atoms with Crippen LogP contribution in [0.5, 0.6) is 11.5 Å². The Balaban J connectivity index is 2.07. The van der Waals surface area contributed by atoms with E-state index in [-0.39, 0.29) is 34.1 Å². The maximum atomic E-state index is 12.0. The van der Waals surface area contributed by atoms with Crippen molar-refractivity contribution in [2.45, 2.75) is 13.3 Å². The number of hydrogen-bond acceptors (Lipinski definition) is 5. The summed E-state index contributed by atoms with van der Waals surface area (Å²) in [6, 6.07) is 8.83. The fourth-order valence-electron chi connectivity index (χ4n) is 2.72. The van der Waals surface area contributed by atoms with Gasteiger partial charge < -0.3 is 21.0 Å². The lowest BCUT2D eigenvalue weighted by molar-refractivity contribution is 0.104. The van der Waals surface area contributed by atoms with Crippen molar-refractivity contribution in [3.8, 4) is 22.6 Å². The van der Waals surface area contributed by atoms with Gasteiger partial charge in [-0.1, -0.05) is 19.1 Å². The first-order valence-electron chi connectivity index (χ1n) is 7.73. The predicted molar refractivity (Wildman–Crippen MR) is 94.0 cm³/mol. The van der Waals surface area contributed by atoms with Crippen LogP contribution in [0.25, 0.3) is 11.1 Å². The third-order valence-electron chi connectivity index (χ3n) is 3.89. The molecule has 2 aromatic rings. The van der Waals surface area contributed by atoms with E-state index in [1.165, 1.54) is 12.2 Å². The van der Waals surface area contributed by atoms with Gasteiger partial charge in [0.1, 0.15) is 11.5 Å². The fraction of sp³-hybridized carbons (Fsp3) is 0.158. The van der Waals surface area contributed by atoms with Crippen molar-refractivity contribution in [3.63, 3.8) is 0 Å². The average Bonchev–Trinajstić information content (AvgIpc) is 2.59. The maximum Gasteiger partial charge on any atom is 0.188 e. The predicted octanol–water partition coefficient (Wildman–Crippen LogP) is 3.55. The second-order valence-electron chi connectivity index (χ2n) is 5.60. The monoisotopic (exact) mass is 322 g/mol. The molecule has 2 aromatic carbocycles. The summed E-state index contributed by atoms with van der Waals surface area (Å²) in [6.45, 7) is 2.68. The van der Waals surface area contributed by atoms with Crippen LogP contribution in [0.2, 0.25) is 0 Å². The largest absolute Gasteiger partial charge is 0.507 e. The van der Waals surface area contributed by atoms with Gasteiger partial charge in [-0.2, -0.15) is 0 Å². The van der Waals surface area contributed by atoms with Crippen molar-refractivity contribution >= 4 is 17.2 Å². The number of carbonyl (C=O) groups excluding carboxylic acids is 1. The molecule has 5 nitrogen and oxygen atoms in total. The summed E-state index contributed by atoms with van der Waals surface area (Å²) >= 11 is 0. The fourth-order valence-corrected chi connectivity index (χ4v) is 2.72. The number of carbonyl (C=O) groups is 1. The summed E-state index contributed by atoms with van der Waals surface area (Å²) in [6.07, 6.45) is 3.59. The number of rotatable bonds is 4. The first kappa shape index (κ1) is 15.8. The molecule has 0 spiro atoms. The van der Waals surface area contributed by atoms with Crippen molar-refractivity contribution in [2.24, 2.45) is 0 Å². The number of phenols is 1. The van der Waals surface area contributed by atoms with Gasteiger partial charge in [0.15, 0.2) is 5.78 Å². The second-order valence-corrected chi connectivity index (χ2v) is 5.60. The lowest BCUT2D eigenvalue weighted by atomic mass is 9.88. The number of nitrogen functional groups attached to an aromatic ring is 1. The standard InChI is InChI=1S/C19H18N2O3/c1-2-9-24-12-5-3-11(4-6-12)13-10-15(21)17-16(22)8-7-14(20)18(17)19(13)23/h3-8,10,20,23H,2,9,21H2,1H3. The highest BCUT2D eigenvalue weighted by atomic mass is 16.5. The molecule has 0 unspecified atom stereocenters. The van der Waals surface area contributed by atoms with Gasteiger partial charge in [-0.25, -0.2) is 0 Å². The smallest absolute Gasteiger partial charge is 0.188 e. The summed E-state index contributed by atoms with van der Waals surface area (Å²) in [7, 11) is 0. The van der Waals surface area contributed by atoms with Gasteiger partial charge in [-0.05, 0) is 42.3 Å². The molecule has 0 heterocycles. The third-order valence-corrected chi connectivity index (χ3v) is 3.89. The van der Waals surface area contributed by atoms with E-state index in [1.54, 1.807) is 6.07 Å². The maximum absolute atomic E-state index is 12.0. The molecule has 0 amide bonds. The Kier molecular flexibility index (Phi) is 4.08. The summed E-state index contributed by atoms with van der Waals surface area (Å²) in [5.41, 5.74) is 7.93. The first-order chi connectivity index (χ1) is 11.5. The topological polar surface area (TPSA) is 96.4 Å². The molecule has 0 bridgehead atoms. The van der Waals surface area contributed by atoms with Crippen LogP contribution >= 0.6 is 0 Å². The van der Waals surface area contributed by atoms with Gasteiger partial charge in [0, 0.05) is 11.3 Å². The van der Waals surface area contributed by atoms with E-state index in [1.807, 2.05) is 31.2 Å². The van der Waals surface area contributed by atoms with Gasteiger partial charge in [-0.3, -0.25) is 4.79 Å². The number of ether oxygens (including phenoxy) is 1. The number of phenolic OH excluding ortho intramolecular Hbond substituents is 1.